The largest absolute Gasteiger partial charge is 0.480 e. The number of nitrogens with zero attached hydrogens (tertiary/aromatic N) is 2. The van der Waals surface area contributed by atoms with E-state index in [0.29, 0.717) is 32.7 Å². The number of urea groups is 1. The standard InChI is InChI=1S/C15H24N2O4/c1-21-11-12-6-9-16(10-7-12)15(20)17-8-4-2-3-5-13(17)14(18)19/h6,13H,2-5,7-11H2,1H3,(H,18,19). The number of likely N-dealkylation sites (tertiary alicyclic amines) is 1. The van der Waals surface area contributed by atoms with Gasteiger partial charge in [0.2, 0.25) is 0 Å². The zero-order chi connectivity index (χ0) is 15.2. The molecular weight excluding hydrogens is 272 g/mol. The molecule has 1 unspecified atom stereocenters. The van der Waals surface area contributed by atoms with Gasteiger partial charge in [0.05, 0.1) is 6.61 Å². The summed E-state index contributed by atoms with van der Waals surface area (Å²) in [5, 5.41) is 9.35. The van der Waals surface area contributed by atoms with Gasteiger partial charge in [-0.25, -0.2) is 9.59 Å². The lowest BCUT2D eigenvalue weighted by Gasteiger charge is -2.34. The number of carboxylic acids is 1. The maximum atomic E-state index is 12.6. The molecule has 0 aromatic carbocycles. The van der Waals surface area contributed by atoms with Gasteiger partial charge in [0.1, 0.15) is 6.04 Å². The molecule has 1 atom stereocenters. The highest BCUT2D eigenvalue weighted by molar-refractivity contribution is 5.83. The molecule has 21 heavy (non-hydrogen) atoms. The summed E-state index contributed by atoms with van der Waals surface area (Å²) in [7, 11) is 1.66. The molecule has 6 nitrogen and oxygen atoms in total. The van der Waals surface area contributed by atoms with Gasteiger partial charge >= 0.3 is 12.0 Å². The van der Waals surface area contributed by atoms with Gasteiger partial charge in [0, 0.05) is 26.7 Å². The van der Waals surface area contributed by atoms with E-state index in [1.54, 1.807) is 16.9 Å². The van der Waals surface area contributed by atoms with E-state index in [1.807, 2.05) is 6.08 Å². The molecular formula is C15H24N2O4. The van der Waals surface area contributed by atoms with Crippen LogP contribution in [0.4, 0.5) is 4.79 Å². The summed E-state index contributed by atoms with van der Waals surface area (Å²) in [5.41, 5.74) is 1.20. The molecule has 0 saturated carbocycles. The predicted octanol–water partition coefficient (Wildman–Crippen LogP) is 1.71. The second-order valence-corrected chi connectivity index (χ2v) is 5.67. The molecule has 1 saturated heterocycles. The first-order valence-corrected chi connectivity index (χ1v) is 7.58. The summed E-state index contributed by atoms with van der Waals surface area (Å²) < 4.78 is 5.10. The molecule has 1 fully saturated rings. The van der Waals surface area contributed by atoms with Crippen LogP contribution in [0.2, 0.25) is 0 Å². The van der Waals surface area contributed by atoms with Crippen LogP contribution in [-0.2, 0) is 9.53 Å². The lowest BCUT2D eigenvalue weighted by atomic mass is 10.1. The van der Waals surface area contributed by atoms with Gasteiger partial charge in [-0.2, -0.15) is 0 Å². The molecule has 2 rings (SSSR count). The van der Waals surface area contributed by atoms with E-state index in [0.717, 1.165) is 25.7 Å². The van der Waals surface area contributed by atoms with E-state index < -0.39 is 12.0 Å². The second kappa shape index (κ2) is 7.45. The van der Waals surface area contributed by atoms with E-state index in [9.17, 15) is 14.7 Å². The van der Waals surface area contributed by atoms with Gasteiger partial charge in [0.25, 0.3) is 0 Å². The van der Waals surface area contributed by atoms with Crippen molar-refractivity contribution in [3.05, 3.63) is 11.6 Å². The van der Waals surface area contributed by atoms with Crippen LogP contribution in [0.5, 0.6) is 0 Å². The van der Waals surface area contributed by atoms with Crippen LogP contribution in [0.25, 0.3) is 0 Å². The van der Waals surface area contributed by atoms with Crippen LogP contribution in [0.1, 0.15) is 32.1 Å². The number of aliphatic carboxylic acids is 1. The molecule has 0 aromatic rings. The highest BCUT2D eigenvalue weighted by Gasteiger charge is 2.33. The van der Waals surface area contributed by atoms with Crippen molar-refractivity contribution in [1.82, 2.24) is 9.80 Å². The Hall–Kier alpha value is -1.56. The third kappa shape index (κ3) is 3.97. The van der Waals surface area contributed by atoms with Crippen molar-refractivity contribution in [2.75, 3.05) is 33.4 Å². The Kier molecular flexibility index (Phi) is 5.61. The number of hydrogen-bond donors (Lipinski definition) is 1. The Morgan fingerprint density at radius 1 is 1.33 bits per heavy atom. The molecule has 0 bridgehead atoms. The van der Waals surface area contributed by atoms with Gasteiger partial charge in [-0.15, -0.1) is 0 Å². The lowest BCUT2D eigenvalue weighted by molar-refractivity contribution is -0.142. The maximum Gasteiger partial charge on any atom is 0.326 e. The highest BCUT2D eigenvalue weighted by Crippen LogP contribution is 2.20. The molecule has 2 heterocycles. The zero-order valence-corrected chi connectivity index (χ0v) is 12.6. The van der Waals surface area contributed by atoms with E-state index in [1.165, 1.54) is 5.57 Å². The minimum atomic E-state index is -0.891. The highest BCUT2D eigenvalue weighted by atomic mass is 16.5. The van der Waals surface area contributed by atoms with E-state index in [2.05, 4.69) is 0 Å². The van der Waals surface area contributed by atoms with Crippen LogP contribution < -0.4 is 0 Å². The molecule has 0 aliphatic carbocycles. The average Bonchev–Trinajstić information content (AvgIpc) is 2.73. The monoisotopic (exact) mass is 296 g/mol. The van der Waals surface area contributed by atoms with E-state index in [4.69, 9.17) is 4.74 Å². The van der Waals surface area contributed by atoms with Crippen molar-refractivity contribution in [3.8, 4) is 0 Å². The number of methoxy groups -OCH3 is 1. The normalized spacial score (nSPS) is 23.5. The summed E-state index contributed by atoms with van der Waals surface area (Å²) in [4.78, 5) is 27.3. The summed E-state index contributed by atoms with van der Waals surface area (Å²) in [6.07, 6.45) is 6.11. The molecule has 118 valence electrons. The average molecular weight is 296 g/mol. The number of carbonyl (C=O) groups is 2. The summed E-state index contributed by atoms with van der Waals surface area (Å²) in [6.45, 7) is 2.32. The van der Waals surface area contributed by atoms with E-state index >= 15 is 0 Å². The Balaban J connectivity index is 2.02. The first-order valence-electron chi connectivity index (χ1n) is 7.58. The van der Waals surface area contributed by atoms with Gasteiger partial charge in [-0.1, -0.05) is 18.9 Å². The number of ether oxygens (including phenoxy) is 1. The zero-order valence-electron chi connectivity index (χ0n) is 12.6. The van der Waals surface area contributed by atoms with Crippen LogP contribution in [0.15, 0.2) is 11.6 Å². The quantitative estimate of drug-likeness (QED) is 0.805. The second-order valence-electron chi connectivity index (χ2n) is 5.67. The maximum absolute atomic E-state index is 12.6. The molecule has 2 aliphatic rings. The fourth-order valence-electron chi connectivity index (χ4n) is 2.98. The number of hydrogen-bond acceptors (Lipinski definition) is 3. The number of amides is 2. The Morgan fingerprint density at radius 3 is 2.76 bits per heavy atom. The fraction of sp³-hybridized carbons (Fsp3) is 0.733. The fourth-order valence-corrected chi connectivity index (χ4v) is 2.98. The molecule has 0 spiro atoms. The van der Waals surface area contributed by atoms with Crippen molar-refractivity contribution in [2.24, 2.45) is 0 Å². The Labute approximate surface area is 125 Å². The van der Waals surface area contributed by atoms with Crippen molar-refractivity contribution < 1.29 is 19.4 Å². The lowest BCUT2D eigenvalue weighted by Crippen LogP contribution is -2.51. The number of carbonyl (C=O) groups excluding carboxylic acids is 1. The predicted molar refractivity (Wildman–Crippen MR) is 78.1 cm³/mol. The molecule has 0 aromatic heterocycles. The van der Waals surface area contributed by atoms with Crippen molar-refractivity contribution in [3.63, 3.8) is 0 Å². The third-order valence-corrected chi connectivity index (χ3v) is 4.19. The Bertz CT molecular complexity index is 422. The topological polar surface area (TPSA) is 70.1 Å². The minimum absolute atomic E-state index is 0.142. The number of carboxylic acid groups (broad SMARTS) is 1. The molecule has 1 N–H and O–H groups in total. The van der Waals surface area contributed by atoms with Gasteiger partial charge in [0.15, 0.2) is 0 Å². The van der Waals surface area contributed by atoms with Crippen LogP contribution in [0.3, 0.4) is 0 Å². The van der Waals surface area contributed by atoms with Crippen molar-refractivity contribution >= 4 is 12.0 Å². The SMILES string of the molecule is COCC1=CCN(C(=O)N2CCCCCC2C(=O)O)CC1. The van der Waals surface area contributed by atoms with Gasteiger partial charge in [-0.05, 0) is 24.8 Å². The summed E-state index contributed by atoms with van der Waals surface area (Å²) >= 11 is 0. The first-order chi connectivity index (χ1) is 10.1. The smallest absolute Gasteiger partial charge is 0.326 e. The molecule has 2 amide bonds. The Morgan fingerprint density at radius 2 is 2.14 bits per heavy atom. The van der Waals surface area contributed by atoms with E-state index in [-0.39, 0.29) is 6.03 Å². The van der Waals surface area contributed by atoms with Crippen molar-refractivity contribution in [2.45, 2.75) is 38.1 Å². The molecule has 0 radical (unpaired) electrons. The van der Waals surface area contributed by atoms with Gasteiger partial charge < -0.3 is 19.6 Å². The van der Waals surface area contributed by atoms with Crippen LogP contribution >= 0.6 is 0 Å². The third-order valence-electron chi connectivity index (χ3n) is 4.19. The summed E-state index contributed by atoms with van der Waals surface area (Å²) in [5.74, 6) is -0.891. The van der Waals surface area contributed by atoms with Crippen LogP contribution in [0, 0.1) is 0 Å². The molecule has 6 heteroatoms. The van der Waals surface area contributed by atoms with Crippen LogP contribution in [-0.4, -0.2) is 66.3 Å². The van der Waals surface area contributed by atoms with Crippen molar-refractivity contribution in [1.29, 1.82) is 0 Å². The molecule has 2 aliphatic heterocycles. The number of rotatable bonds is 3. The summed E-state index contributed by atoms with van der Waals surface area (Å²) in [6, 6.07) is -0.818. The minimum Gasteiger partial charge on any atom is -0.480 e. The van der Waals surface area contributed by atoms with Gasteiger partial charge in [-0.3, -0.25) is 0 Å². The first kappa shape index (κ1) is 15.8.